The Morgan fingerprint density at radius 1 is 1.65 bits per heavy atom. The fraction of sp³-hybridized carbons (Fsp3) is 0.692. The largest absolute Gasteiger partial charge is 0.361 e. The van der Waals surface area contributed by atoms with E-state index in [1.54, 1.807) is 0 Å². The van der Waals surface area contributed by atoms with Crippen LogP contribution in [-0.4, -0.2) is 42.1 Å². The van der Waals surface area contributed by atoms with E-state index < -0.39 is 0 Å². The predicted octanol–water partition coefficient (Wildman–Crippen LogP) is 0.692. The van der Waals surface area contributed by atoms with Crippen molar-refractivity contribution in [2.45, 2.75) is 26.3 Å². The Labute approximate surface area is 125 Å². The molecule has 1 aromatic heterocycles. The van der Waals surface area contributed by atoms with Crippen LogP contribution in [0.4, 0.5) is 0 Å². The molecule has 114 valence electrons. The molecule has 1 saturated heterocycles. The number of carbonyl (C=O) groups excluding carboxylic acids is 1. The molecule has 20 heavy (non-hydrogen) atoms. The number of aryl methyl sites for hydroxylation is 1. The van der Waals surface area contributed by atoms with Crippen molar-refractivity contribution in [2.75, 3.05) is 26.2 Å². The highest BCUT2D eigenvalue weighted by atomic mass is 35.5. The van der Waals surface area contributed by atoms with Crippen LogP contribution in [0.5, 0.6) is 0 Å². The minimum Gasteiger partial charge on any atom is -0.361 e. The third-order valence-corrected chi connectivity index (χ3v) is 3.38. The number of nitrogens with two attached hydrogens (primary N) is 1. The molecule has 1 unspecified atom stereocenters. The number of hydrogen-bond donors (Lipinski definition) is 2. The van der Waals surface area contributed by atoms with Crippen molar-refractivity contribution in [3.8, 4) is 0 Å². The molecular formula is C13H23ClN4O2. The summed E-state index contributed by atoms with van der Waals surface area (Å²) in [6.07, 6.45) is 1.99. The lowest BCUT2D eigenvalue weighted by molar-refractivity contribution is -0.126. The van der Waals surface area contributed by atoms with Gasteiger partial charge in [0.05, 0.1) is 11.6 Å². The maximum atomic E-state index is 11.9. The zero-order valence-electron chi connectivity index (χ0n) is 11.8. The number of hydrogen-bond acceptors (Lipinski definition) is 5. The molecule has 1 aliphatic rings. The summed E-state index contributed by atoms with van der Waals surface area (Å²) < 4.78 is 5.06. The third-order valence-electron chi connectivity index (χ3n) is 3.38. The Morgan fingerprint density at radius 3 is 3.10 bits per heavy atom. The van der Waals surface area contributed by atoms with Crippen molar-refractivity contribution in [1.29, 1.82) is 0 Å². The maximum Gasteiger partial charge on any atom is 0.224 e. The van der Waals surface area contributed by atoms with Crippen molar-refractivity contribution < 1.29 is 9.32 Å². The summed E-state index contributed by atoms with van der Waals surface area (Å²) in [7, 11) is 0. The van der Waals surface area contributed by atoms with Crippen LogP contribution in [-0.2, 0) is 11.3 Å². The highest BCUT2D eigenvalue weighted by molar-refractivity contribution is 5.85. The Kier molecular flexibility index (Phi) is 6.98. The number of nitrogens with zero attached hydrogens (tertiary/aromatic N) is 2. The molecule has 3 N–H and O–H groups in total. The first-order valence-corrected chi connectivity index (χ1v) is 6.81. The van der Waals surface area contributed by atoms with E-state index in [9.17, 15) is 4.79 Å². The Balaban J connectivity index is 0.00000200. The lowest BCUT2D eigenvalue weighted by Crippen LogP contribution is -2.43. The van der Waals surface area contributed by atoms with Crippen LogP contribution in [0.1, 0.15) is 24.3 Å². The van der Waals surface area contributed by atoms with Crippen LogP contribution in [0.3, 0.4) is 0 Å². The van der Waals surface area contributed by atoms with E-state index in [2.05, 4.69) is 15.4 Å². The zero-order chi connectivity index (χ0) is 13.7. The second-order valence-electron chi connectivity index (χ2n) is 5.08. The van der Waals surface area contributed by atoms with E-state index in [0.717, 1.165) is 43.9 Å². The van der Waals surface area contributed by atoms with Crippen molar-refractivity contribution in [1.82, 2.24) is 15.4 Å². The molecule has 0 aromatic carbocycles. The van der Waals surface area contributed by atoms with Crippen molar-refractivity contribution in [2.24, 2.45) is 11.7 Å². The monoisotopic (exact) mass is 302 g/mol. The third kappa shape index (κ3) is 4.77. The minimum absolute atomic E-state index is 0. The van der Waals surface area contributed by atoms with Crippen molar-refractivity contribution >= 4 is 18.3 Å². The summed E-state index contributed by atoms with van der Waals surface area (Å²) in [4.78, 5) is 14.2. The highest BCUT2D eigenvalue weighted by Crippen LogP contribution is 2.18. The number of amides is 1. The van der Waals surface area contributed by atoms with Crippen LogP contribution in [0.25, 0.3) is 0 Å². The summed E-state index contributed by atoms with van der Waals surface area (Å²) in [5, 5.41) is 6.86. The van der Waals surface area contributed by atoms with E-state index >= 15 is 0 Å². The number of likely N-dealkylation sites (tertiary alicyclic amines) is 1. The van der Waals surface area contributed by atoms with E-state index in [4.69, 9.17) is 10.3 Å². The van der Waals surface area contributed by atoms with Gasteiger partial charge < -0.3 is 15.6 Å². The molecule has 7 heteroatoms. The first-order chi connectivity index (χ1) is 9.19. The topological polar surface area (TPSA) is 84.4 Å². The van der Waals surface area contributed by atoms with Crippen molar-refractivity contribution in [3.05, 3.63) is 17.5 Å². The lowest BCUT2D eigenvalue weighted by atomic mass is 9.97. The molecule has 0 aliphatic carbocycles. The zero-order valence-corrected chi connectivity index (χ0v) is 12.6. The van der Waals surface area contributed by atoms with Gasteiger partial charge in [-0.15, -0.1) is 12.4 Å². The molecule has 6 nitrogen and oxygen atoms in total. The van der Waals surface area contributed by atoms with Gasteiger partial charge in [0.25, 0.3) is 0 Å². The van der Waals surface area contributed by atoms with Gasteiger partial charge in [0, 0.05) is 32.2 Å². The van der Waals surface area contributed by atoms with Gasteiger partial charge in [0.2, 0.25) is 5.91 Å². The molecule has 1 atom stereocenters. The van der Waals surface area contributed by atoms with E-state index in [0.29, 0.717) is 13.1 Å². The lowest BCUT2D eigenvalue weighted by Gasteiger charge is -2.31. The number of aromatic nitrogens is 1. The molecule has 1 aliphatic heterocycles. The fourth-order valence-electron chi connectivity index (χ4n) is 2.47. The van der Waals surface area contributed by atoms with E-state index in [1.165, 1.54) is 0 Å². The van der Waals surface area contributed by atoms with Gasteiger partial charge in [-0.1, -0.05) is 5.16 Å². The van der Waals surface area contributed by atoms with E-state index in [1.807, 2.05) is 13.0 Å². The average Bonchev–Trinajstić information content (AvgIpc) is 2.81. The normalized spacial score (nSPS) is 19.4. The van der Waals surface area contributed by atoms with Gasteiger partial charge in [-0.05, 0) is 26.3 Å². The number of rotatable bonds is 5. The number of carbonyl (C=O) groups is 1. The molecule has 0 spiro atoms. The van der Waals surface area contributed by atoms with Gasteiger partial charge in [0.1, 0.15) is 5.76 Å². The fourth-order valence-corrected chi connectivity index (χ4v) is 2.47. The molecule has 1 aromatic rings. The number of nitrogens with one attached hydrogen (secondary N) is 1. The predicted molar refractivity (Wildman–Crippen MR) is 78.6 cm³/mol. The Bertz CT molecular complexity index is 424. The van der Waals surface area contributed by atoms with Crippen LogP contribution in [0.2, 0.25) is 0 Å². The van der Waals surface area contributed by atoms with Gasteiger partial charge in [-0.25, -0.2) is 0 Å². The van der Waals surface area contributed by atoms with Gasteiger partial charge in [0.15, 0.2) is 0 Å². The Morgan fingerprint density at radius 2 is 2.45 bits per heavy atom. The molecule has 1 fully saturated rings. The first kappa shape index (κ1) is 16.9. The van der Waals surface area contributed by atoms with Crippen LogP contribution in [0.15, 0.2) is 10.6 Å². The average molecular weight is 303 g/mol. The van der Waals surface area contributed by atoms with Crippen LogP contribution >= 0.6 is 12.4 Å². The molecular weight excluding hydrogens is 280 g/mol. The number of halogens is 1. The summed E-state index contributed by atoms with van der Waals surface area (Å²) in [6.45, 7) is 5.46. The molecule has 1 amide bonds. The first-order valence-electron chi connectivity index (χ1n) is 6.81. The number of piperidine rings is 1. The molecule has 0 radical (unpaired) electrons. The highest BCUT2D eigenvalue weighted by Gasteiger charge is 2.25. The molecule has 0 saturated carbocycles. The molecule has 2 rings (SSSR count). The van der Waals surface area contributed by atoms with Crippen molar-refractivity contribution in [3.63, 3.8) is 0 Å². The van der Waals surface area contributed by atoms with Gasteiger partial charge in [-0.3, -0.25) is 9.69 Å². The second kappa shape index (κ2) is 8.24. The van der Waals surface area contributed by atoms with Crippen LogP contribution < -0.4 is 11.1 Å². The van der Waals surface area contributed by atoms with Gasteiger partial charge >= 0.3 is 0 Å². The summed E-state index contributed by atoms with van der Waals surface area (Å²) in [6, 6.07) is 1.94. The SMILES string of the molecule is Cc1cc(CN2CCCC(C(=O)NCCN)C2)no1.Cl. The summed E-state index contributed by atoms with van der Waals surface area (Å²) >= 11 is 0. The standard InChI is InChI=1S/C13H22N4O2.ClH/c1-10-7-12(16-19-10)9-17-6-2-3-11(8-17)13(18)15-5-4-14;/h7,11H,2-6,8-9,14H2,1H3,(H,15,18);1H. The summed E-state index contributed by atoms with van der Waals surface area (Å²) in [5.41, 5.74) is 6.33. The second-order valence-corrected chi connectivity index (χ2v) is 5.08. The quantitative estimate of drug-likeness (QED) is 0.836. The maximum absolute atomic E-state index is 11.9. The molecule has 2 heterocycles. The van der Waals surface area contributed by atoms with E-state index in [-0.39, 0.29) is 24.2 Å². The smallest absolute Gasteiger partial charge is 0.224 e. The Hall–Kier alpha value is -1.11. The molecule has 0 bridgehead atoms. The summed E-state index contributed by atoms with van der Waals surface area (Å²) in [5.74, 6) is 1.00. The minimum atomic E-state index is 0. The van der Waals surface area contributed by atoms with Crippen LogP contribution in [0, 0.1) is 12.8 Å². The van der Waals surface area contributed by atoms with Gasteiger partial charge in [-0.2, -0.15) is 0 Å².